The molecule has 1 aliphatic heterocycles. The summed E-state index contributed by atoms with van der Waals surface area (Å²) in [5.41, 5.74) is 1.20. The number of hydrogen-bond donors (Lipinski definition) is 2. The number of allylic oxidation sites excluding steroid dienone is 2. The lowest BCUT2D eigenvalue weighted by Gasteiger charge is -2.28. The molecule has 8 nitrogen and oxygen atoms in total. The Labute approximate surface area is 236 Å². The molecule has 40 heavy (non-hydrogen) atoms. The van der Waals surface area contributed by atoms with Crippen molar-refractivity contribution in [3.8, 4) is 5.75 Å². The van der Waals surface area contributed by atoms with Gasteiger partial charge < -0.3 is 19.3 Å². The van der Waals surface area contributed by atoms with Crippen molar-refractivity contribution in [2.75, 3.05) is 6.61 Å². The smallest absolute Gasteiger partial charge is 0.411 e. The van der Waals surface area contributed by atoms with Gasteiger partial charge in [0.1, 0.15) is 23.5 Å². The monoisotopic (exact) mass is 549 g/mol. The van der Waals surface area contributed by atoms with Crippen LogP contribution in [-0.4, -0.2) is 42.0 Å². The van der Waals surface area contributed by atoms with Gasteiger partial charge in [0.15, 0.2) is 0 Å². The van der Waals surface area contributed by atoms with Crippen LogP contribution in [0.3, 0.4) is 0 Å². The zero-order valence-electron chi connectivity index (χ0n) is 23.2. The number of esters is 2. The van der Waals surface area contributed by atoms with Crippen LogP contribution in [0.25, 0.3) is 0 Å². The van der Waals surface area contributed by atoms with Crippen LogP contribution >= 0.6 is 0 Å². The number of phenolic OH excluding ortho intramolecular Hbond substituents is 1. The van der Waals surface area contributed by atoms with Crippen molar-refractivity contribution in [1.82, 2.24) is 5.32 Å². The van der Waals surface area contributed by atoms with E-state index in [9.17, 15) is 19.5 Å². The highest BCUT2D eigenvalue weighted by Crippen LogP contribution is 2.28. The normalized spacial score (nSPS) is 19.6. The predicted octanol–water partition coefficient (Wildman–Crippen LogP) is 6.49. The zero-order chi connectivity index (χ0) is 28.7. The highest BCUT2D eigenvalue weighted by atomic mass is 16.6. The van der Waals surface area contributed by atoms with Crippen molar-refractivity contribution in [2.45, 2.75) is 71.0 Å². The number of carbonyl (C=O) groups is 3. The van der Waals surface area contributed by atoms with E-state index in [1.165, 1.54) is 12.3 Å². The van der Waals surface area contributed by atoms with Crippen LogP contribution in [-0.2, 0) is 20.6 Å². The number of benzene rings is 2. The summed E-state index contributed by atoms with van der Waals surface area (Å²) in [4.78, 5) is 38.1. The van der Waals surface area contributed by atoms with Gasteiger partial charge in [-0.3, -0.25) is 5.32 Å². The van der Waals surface area contributed by atoms with Gasteiger partial charge >= 0.3 is 18.0 Å². The Morgan fingerprint density at radius 1 is 1.10 bits per heavy atom. The first kappa shape index (κ1) is 30.5. The fourth-order valence-electron chi connectivity index (χ4n) is 4.41. The fraction of sp³-hybridized carbons (Fsp3) is 0.406. The summed E-state index contributed by atoms with van der Waals surface area (Å²) < 4.78 is 17.0. The SMILES string of the molecule is CCCCCOC(=O)NC=CCC1CC(OC(=O)c2ccccc2)[C@@H](C)CC=CCc2cccc(O)c2C(=O)O1. The van der Waals surface area contributed by atoms with Crippen molar-refractivity contribution < 1.29 is 33.7 Å². The molecule has 2 unspecified atom stereocenters. The van der Waals surface area contributed by atoms with Gasteiger partial charge in [0, 0.05) is 19.0 Å². The van der Waals surface area contributed by atoms with Crippen LogP contribution in [0.4, 0.5) is 4.79 Å². The first-order chi connectivity index (χ1) is 19.4. The van der Waals surface area contributed by atoms with Crippen LogP contribution in [0.15, 0.2) is 73.0 Å². The van der Waals surface area contributed by atoms with Crippen molar-refractivity contribution in [2.24, 2.45) is 5.92 Å². The molecule has 2 aromatic rings. The number of alkyl carbamates (subject to hydrolysis) is 1. The Kier molecular flexibility index (Phi) is 12.3. The third kappa shape index (κ3) is 9.59. The number of nitrogens with one attached hydrogen (secondary N) is 1. The lowest BCUT2D eigenvalue weighted by Crippen LogP contribution is -2.32. The van der Waals surface area contributed by atoms with Gasteiger partial charge in [0.2, 0.25) is 0 Å². The Morgan fingerprint density at radius 3 is 2.67 bits per heavy atom. The molecule has 214 valence electrons. The minimum absolute atomic E-state index is 0.0617. The van der Waals surface area contributed by atoms with E-state index in [4.69, 9.17) is 14.2 Å². The molecule has 1 aliphatic rings. The van der Waals surface area contributed by atoms with Crippen molar-refractivity contribution >= 4 is 18.0 Å². The number of ether oxygens (including phenoxy) is 3. The number of cyclic esters (lactones) is 1. The van der Waals surface area contributed by atoms with Crippen molar-refractivity contribution in [1.29, 1.82) is 0 Å². The zero-order valence-corrected chi connectivity index (χ0v) is 23.2. The second-order valence-corrected chi connectivity index (χ2v) is 9.90. The van der Waals surface area contributed by atoms with Gasteiger partial charge in [0.05, 0.1) is 12.2 Å². The Balaban J connectivity index is 1.78. The molecule has 0 saturated heterocycles. The Morgan fingerprint density at radius 2 is 1.90 bits per heavy atom. The maximum Gasteiger partial charge on any atom is 0.411 e. The summed E-state index contributed by atoms with van der Waals surface area (Å²) in [6, 6.07) is 13.7. The number of unbranched alkanes of at least 4 members (excludes halogenated alkanes) is 2. The van der Waals surface area contributed by atoms with E-state index in [2.05, 4.69) is 12.2 Å². The van der Waals surface area contributed by atoms with E-state index in [0.29, 0.717) is 30.6 Å². The van der Waals surface area contributed by atoms with Gasteiger partial charge in [-0.05, 0) is 48.9 Å². The summed E-state index contributed by atoms with van der Waals surface area (Å²) in [6.45, 7) is 4.41. The minimum atomic E-state index is -0.696. The molecule has 2 aromatic carbocycles. The van der Waals surface area contributed by atoms with E-state index in [1.54, 1.807) is 42.5 Å². The van der Waals surface area contributed by atoms with E-state index in [1.807, 2.05) is 25.1 Å². The van der Waals surface area contributed by atoms with E-state index < -0.39 is 30.2 Å². The first-order valence-corrected chi connectivity index (χ1v) is 13.9. The summed E-state index contributed by atoms with van der Waals surface area (Å²) in [5, 5.41) is 13.0. The van der Waals surface area contributed by atoms with Crippen molar-refractivity contribution in [3.63, 3.8) is 0 Å². The predicted molar refractivity (Wildman–Crippen MR) is 152 cm³/mol. The molecule has 0 aliphatic carbocycles. The summed E-state index contributed by atoms with van der Waals surface area (Å²) in [6.07, 6.45) is 9.63. The molecule has 0 saturated carbocycles. The maximum absolute atomic E-state index is 13.3. The summed E-state index contributed by atoms with van der Waals surface area (Å²) in [5.74, 6) is -1.34. The van der Waals surface area contributed by atoms with Crippen LogP contribution in [0.5, 0.6) is 5.75 Å². The molecular weight excluding hydrogens is 510 g/mol. The van der Waals surface area contributed by atoms with Gasteiger partial charge in [-0.25, -0.2) is 14.4 Å². The van der Waals surface area contributed by atoms with Gasteiger partial charge in [-0.1, -0.05) is 75.2 Å². The van der Waals surface area contributed by atoms with E-state index >= 15 is 0 Å². The summed E-state index contributed by atoms with van der Waals surface area (Å²) >= 11 is 0. The topological polar surface area (TPSA) is 111 Å². The number of rotatable bonds is 9. The minimum Gasteiger partial charge on any atom is -0.507 e. The molecule has 0 spiro atoms. The second-order valence-electron chi connectivity index (χ2n) is 9.90. The van der Waals surface area contributed by atoms with Gasteiger partial charge in [-0.15, -0.1) is 0 Å². The van der Waals surface area contributed by atoms with Gasteiger partial charge in [0.25, 0.3) is 0 Å². The maximum atomic E-state index is 13.3. The fourth-order valence-corrected chi connectivity index (χ4v) is 4.41. The molecule has 0 aromatic heterocycles. The largest absolute Gasteiger partial charge is 0.507 e. The van der Waals surface area contributed by atoms with Crippen LogP contribution in [0, 0.1) is 5.92 Å². The summed E-state index contributed by atoms with van der Waals surface area (Å²) in [7, 11) is 0. The van der Waals surface area contributed by atoms with Crippen LogP contribution in [0.2, 0.25) is 0 Å². The molecule has 0 radical (unpaired) electrons. The Bertz CT molecular complexity index is 1180. The first-order valence-electron chi connectivity index (χ1n) is 13.9. The lowest BCUT2D eigenvalue weighted by molar-refractivity contribution is -0.0129. The quantitative estimate of drug-likeness (QED) is 0.159. The molecule has 2 N–H and O–H groups in total. The number of fused-ring (bicyclic) bond motifs is 1. The highest BCUT2D eigenvalue weighted by Gasteiger charge is 2.29. The third-order valence-electron chi connectivity index (χ3n) is 6.72. The third-order valence-corrected chi connectivity index (χ3v) is 6.72. The number of aromatic hydroxyl groups is 1. The second kappa shape index (κ2) is 16.1. The molecule has 3 atom stereocenters. The number of phenols is 1. The molecule has 1 heterocycles. The van der Waals surface area contributed by atoms with E-state index in [0.717, 1.165) is 19.3 Å². The molecule has 0 bridgehead atoms. The highest BCUT2D eigenvalue weighted by molar-refractivity contribution is 5.94. The number of hydrogen-bond acceptors (Lipinski definition) is 7. The molecule has 1 amide bonds. The number of amides is 1. The Hall–Kier alpha value is -4.07. The van der Waals surface area contributed by atoms with Crippen molar-refractivity contribution in [3.05, 3.63) is 89.6 Å². The average molecular weight is 550 g/mol. The standard InChI is InChI=1S/C32H39NO7/c1-3-4-10-21-38-32(37)33-20-12-18-26-22-28(40-30(35)25-15-6-5-7-16-25)23(2)13-8-9-14-24-17-11-19-27(34)29(24)31(36)39-26/h5-9,11-12,15-17,19-20,23,26,28,34H,3-4,10,13-14,18,21-22H2,1-2H3,(H,33,37)/t23-,26?,28?/m0/s1. The van der Waals surface area contributed by atoms with Crippen LogP contribution < -0.4 is 5.32 Å². The lowest BCUT2D eigenvalue weighted by atomic mass is 9.93. The van der Waals surface area contributed by atoms with E-state index in [-0.39, 0.29) is 30.1 Å². The number of carbonyl (C=O) groups excluding carboxylic acids is 3. The van der Waals surface area contributed by atoms with Gasteiger partial charge in [-0.2, -0.15) is 0 Å². The molecule has 0 fully saturated rings. The molecule has 8 heteroatoms. The average Bonchev–Trinajstić information content (AvgIpc) is 2.95. The molecule has 3 rings (SSSR count). The van der Waals surface area contributed by atoms with Crippen LogP contribution in [0.1, 0.15) is 78.7 Å². The molecular formula is C32H39NO7.